The molecule has 0 amide bonds. The molecule has 1 aliphatic rings. The molecule has 1 aromatic rings. The van der Waals surface area contributed by atoms with Crippen LogP contribution in [0.15, 0.2) is 0 Å². The molecule has 1 atom stereocenters. The number of rotatable bonds is 3. The van der Waals surface area contributed by atoms with E-state index >= 15 is 0 Å². The normalized spacial score (nSPS) is 18.8. The standard InChI is InChI=1S/C8H14N4S/c1-5(4-6-2-3-6)12-7(9)10-11-8(12)13/h5-6H,2-4H2,1H3,(H2,9,10)(H,11,13). The number of aromatic amines is 1. The van der Waals surface area contributed by atoms with Crippen LogP contribution in [0.5, 0.6) is 0 Å². The van der Waals surface area contributed by atoms with Gasteiger partial charge >= 0.3 is 0 Å². The van der Waals surface area contributed by atoms with E-state index in [0.29, 0.717) is 16.8 Å². The van der Waals surface area contributed by atoms with Crippen LogP contribution in [0.4, 0.5) is 5.95 Å². The highest BCUT2D eigenvalue weighted by Gasteiger charge is 2.25. The van der Waals surface area contributed by atoms with E-state index in [-0.39, 0.29) is 0 Å². The predicted octanol–water partition coefficient (Wildman–Crippen LogP) is 1.88. The van der Waals surface area contributed by atoms with Crippen molar-refractivity contribution in [1.29, 1.82) is 0 Å². The van der Waals surface area contributed by atoms with Crippen molar-refractivity contribution in [3.8, 4) is 0 Å². The van der Waals surface area contributed by atoms with E-state index in [1.165, 1.54) is 12.8 Å². The zero-order valence-corrected chi connectivity index (χ0v) is 8.47. The van der Waals surface area contributed by atoms with Crippen molar-refractivity contribution in [1.82, 2.24) is 14.8 Å². The topological polar surface area (TPSA) is 59.6 Å². The molecule has 0 bridgehead atoms. The van der Waals surface area contributed by atoms with Crippen LogP contribution in [0.2, 0.25) is 0 Å². The Hall–Kier alpha value is -0.840. The number of H-pyrrole nitrogens is 1. The molecule has 3 N–H and O–H groups in total. The quantitative estimate of drug-likeness (QED) is 0.729. The van der Waals surface area contributed by atoms with E-state index in [4.69, 9.17) is 18.0 Å². The number of hydrogen-bond acceptors (Lipinski definition) is 3. The number of nitrogens with two attached hydrogens (primary N) is 1. The fourth-order valence-corrected chi connectivity index (χ4v) is 2.00. The van der Waals surface area contributed by atoms with Gasteiger partial charge in [0.2, 0.25) is 5.95 Å². The third-order valence-corrected chi connectivity index (χ3v) is 2.83. The first-order chi connectivity index (χ1) is 6.18. The molecule has 0 radical (unpaired) electrons. The second-order valence-electron chi connectivity index (χ2n) is 3.79. The smallest absolute Gasteiger partial charge is 0.220 e. The molecule has 0 aliphatic heterocycles. The molecule has 4 nitrogen and oxygen atoms in total. The predicted molar refractivity (Wildman–Crippen MR) is 53.9 cm³/mol. The fraction of sp³-hybridized carbons (Fsp3) is 0.750. The average Bonchev–Trinajstić information content (AvgIpc) is 2.79. The molecular weight excluding hydrogens is 184 g/mol. The molecule has 2 rings (SSSR count). The third kappa shape index (κ3) is 1.75. The monoisotopic (exact) mass is 198 g/mol. The Morgan fingerprint density at radius 3 is 2.92 bits per heavy atom. The molecule has 5 heteroatoms. The van der Waals surface area contributed by atoms with Crippen molar-refractivity contribution in [2.75, 3.05) is 5.73 Å². The van der Waals surface area contributed by atoms with Gasteiger partial charge in [0.25, 0.3) is 0 Å². The first-order valence-corrected chi connectivity index (χ1v) is 5.01. The molecule has 1 fully saturated rings. The average molecular weight is 198 g/mol. The minimum atomic E-state index is 0.374. The summed E-state index contributed by atoms with van der Waals surface area (Å²) in [6.45, 7) is 2.14. The van der Waals surface area contributed by atoms with E-state index in [2.05, 4.69) is 17.1 Å². The Morgan fingerprint density at radius 1 is 1.77 bits per heavy atom. The minimum absolute atomic E-state index is 0.374. The molecular formula is C8H14N4S. The van der Waals surface area contributed by atoms with Crippen LogP contribution in [0.3, 0.4) is 0 Å². The molecule has 0 spiro atoms. The van der Waals surface area contributed by atoms with Crippen LogP contribution in [0.1, 0.15) is 32.2 Å². The number of anilines is 1. The van der Waals surface area contributed by atoms with E-state index in [0.717, 1.165) is 12.3 Å². The summed E-state index contributed by atoms with van der Waals surface area (Å²) in [5.41, 5.74) is 5.69. The van der Waals surface area contributed by atoms with Crippen molar-refractivity contribution < 1.29 is 0 Å². The second kappa shape index (κ2) is 3.14. The van der Waals surface area contributed by atoms with Crippen molar-refractivity contribution >= 4 is 18.2 Å². The Labute approximate surface area is 82.1 Å². The number of nitrogens with one attached hydrogen (secondary N) is 1. The molecule has 1 unspecified atom stereocenters. The molecule has 1 aliphatic carbocycles. The minimum Gasteiger partial charge on any atom is -0.368 e. The molecule has 1 saturated carbocycles. The third-order valence-electron chi connectivity index (χ3n) is 2.54. The Bertz CT molecular complexity index is 349. The van der Waals surface area contributed by atoms with Gasteiger partial charge in [-0.25, -0.2) is 5.10 Å². The van der Waals surface area contributed by atoms with Gasteiger partial charge in [0.1, 0.15) is 0 Å². The molecule has 1 heterocycles. The molecule has 0 saturated heterocycles. The van der Waals surface area contributed by atoms with Crippen LogP contribution in [-0.4, -0.2) is 14.8 Å². The summed E-state index contributed by atoms with van der Waals surface area (Å²) >= 11 is 5.09. The van der Waals surface area contributed by atoms with Crippen molar-refractivity contribution in [2.45, 2.75) is 32.2 Å². The van der Waals surface area contributed by atoms with E-state index in [1.807, 2.05) is 4.57 Å². The summed E-state index contributed by atoms with van der Waals surface area (Å²) in [6.07, 6.45) is 3.88. The lowest BCUT2D eigenvalue weighted by molar-refractivity contribution is 0.476. The van der Waals surface area contributed by atoms with Crippen LogP contribution >= 0.6 is 12.2 Å². The van der Waals surface area contributed by atoms with Crippen molar-refractivity contribution in [3.05, 3.63) is 4.77 Å². The summed E-state index contributed by atoms with van der Waals surface area (Å²) in [5, 5.41) is 6.59. The van der Waals surface area contributed by atoms with Gasteiger partial charge in [-0.15, -0.1) is 5.10 Å². The highest BCUT2D eigenvalue weighted by molar-refractivity contribution is 7.71. The molecule has 72 valence electrons. The molecule has 13 heavy (non-hydrogen) atoms. The van der Waals surface area contributed by atoms with Crippen LogP contribution in [-0.2, 0) is 0 Å². The lowest BCUT2D eigenvalue weighted by Crippen LogP contribution is -2.09. The highest BCUT2D eigenvalue weighted by atomic mass is 32.1. The van der Waals surface area contributed by atoms with Gasteiger partial charge in [0, 0.05) is 6.04 Å². The van der Waals surface area contributed by atoms with Gasteiger partial charge < -0.3 is 5.73 Å². The van der Waals surface area contributed by atoms with Gasteiger partial charge in [-0.1, -0.05) is 12.8 Å². The van der Waals surface area contributed by atoms with Gasteiger partial charge in [-0.3, -0.25) is 4.57 Å². The number of aromatic nitrogens is 3. The zero-order valence-electron chi connectivity index (χ0n) is 7.66. The number of hydrogen-bond donors (Lipinski definition) is 2. The van der Waals surface area contributed by atoms with Gasteiger partial charge in [0.05, 0.1) is 0 Å². The summed E-state index contributed by atoms with van der Waals surface area (Å²) in [5.74, 6) is 1.38. The summed E-state index contributed by atoms with van der Waals surface area (Å²) in [4.78, 5) is 0. The van der Waals surface area contributed by atoms with Crippen LogP contribution in [0.25, 0.3) is 0 Å². The maximum Gasteiger partial charge on any atom is 0.220 e. The maximum atomic E-state index is 5.69. The van der Waals surface area contributed by atoms with E-state index in [1.54, 1.807) is 0 Å². The van der Waals surface area contributed by atoms with E-state index < -0.39 is 0 Å². The lowest BCUT2D eigenvalue weighted by Gasteiger charge is -2.12. The Kier molecular flexibility index (Phi) is 2.11. The number of nitrogen functional groups attached to an aromatic ring is 1. The SMILES string of the molecule is CC(CC1CC1)n1c(N)n[nH]c1=S. The lowest BCUT2D eigenvalue weighted by atomic mass is 10.1. The van der Waals surface area contributed by atoms with Gasteiger partial charge in [-0.05, 0) is 31.5 Å². The molecule has 1 aromatic heterocycles. The number of nitrogens with zero attached hydrogens (tertiary/aromatic N) is 2. The fourth-order valence-electron chi connectivity index (χ4n) is 1.68. The van der Waals surface area contributed by atoms with Crippen molar-refractivity contribution in [3.63, 3.8) is 0 Å². The largest absolute Gasteiger partial charge is 0.368 e. The molecule has 0 aromatic carbocycles. The second-order valence-corrected chi connectivity index (χ2v) is 4.17. The van der Waals surface area contributed by atoms with Crippen molar-refractivity contribution in [2.24, 2.45) is 5.92 Å². The Balaban J connectivity index is 2.17. The van der Waals surface area contributed by atoms with Crippen LogP contribution < -0.4 is 5.73 Å². The summed E-state index contributed by atoms with van der Waals surface area (Å²) in [6, 6.07) is 0.374. The zero-order chi connectivity index (χ0) is 9.42. The summed E-state index contributed by atoms with van der Waals surface area (Å²) in [7, 11) is 0. The van der Waals surface area contributed by atoms with Gasteiger partial charge in [-0.2, -0.15) is 0 Å². The summed E-state index contributed by atoms with van der Waals surface area (Å²) < 4.78 is 2.53. The van der Waals surface area contributed by atoms with Gasteiger partial charge in [0.15, 0.2) is 4.77 Å². The first-order valence-electron chi connectivity index (χ1n) is 4.61. The highest BCUT2D eigenvalue weighted by Crippen LogP contribution is 2.37. The van der Waals surface area contributed by atoms with Crippen LogP contribution in [0, 0.1) is 10.7 Å². The first kappa shape index (κ1) is 8.74. The van der Waals surface area contributed by atoms with E-state index in [9.17, 15) is 0 Å². The maximum absolute atomic E-state index is 5.69. The Morgan fingerprint density at radius 2 is 2.46 bits per heavy atom.